The molecule has 14 heteroatoms. The molecule has 0 radical (unpaired) electrons. The minimum absolute atomic E-state index is 0.194. The van der Waals surface area contributed by atoms with E-state index in [9.17, 15) is 25.3 Å². The first kappa shape index (κ1) is 20.8. The number of hydrogen-bond donors (Lipinski definition) is 3. The van der Waals surface area contributed by atoms with Crippen LogP contribution in [0.1, 0.15) is 11.1 Å². The van der Waals surface area contributed by atoms with Crippen LogP contribution in [0.2, 0.25) is 0 Å². The van der Waals surface area contributed by atoms with Gasteiger partial charge in [0.1, 0.15) is 5.25 Å². The summed E-state index contributed by atoms with van der Waals surface area (Å²) in [6.45, 7) is 0. The molecule has 0 heterocycles. The highest BCUT2D eigenvalue weighted by molar-refractivity contribution is 7.94. The smallest absolute Gasteiger partial charge is 0.282 e. The molecule has 1 aliphatic carbocycles. The van der Waals surface area contributed by atoms with Crippen LogP contribution in [0.3, 0.4) is 0 Å². The second-order valence-corrected chi connectivity index (χ2v) is 10.5. The summed E-state index contributed by atoms with van der Waals surface area (Å²) in [5, 5.41) is 16.2. The highest BCUT2D eigenvalue weighted by atomic mass is 32.2. The van der Waals surface area contributed by atoms with Crippen LogP contribution in [0, 0.1) is 0 Å². The first-order chi connectivity index (χ1) is 12.9. The van der Waals surface area contributed by atoms with Gasteiger partial charge in [0.15, 0.2) is 0 Å². The zero-order valence-corrected chi connectivity index (χ0v) is 16.0. The zero-order chi connectivity index (χ0) is 20.9. The highest BCUT2D eigenvalue weighted by Gasteiger charge is 2.41. The summed E-state index contributed by atoms with van der Waals surface area (Å²) in [5.74, 6) is 0. The normalized spacial score (nSPS) is 18.0. The standard InChI is InChI=1S/C14H12O11S3/c15-24-27(20,21)13-6-10-3-8-1-2-12(26(17,18)19)5-9(8)4-11(10)7-14(13)28(22,23)25-16/h1-5,7,13,15-16H,6H2,(H,17,18,19). The van der Waals surface area contributed by atoms with Crippen molar-refractivity contribution in [1.29, 1.82) is 0 Å². The van der Waals surface area contributed by atoms with Gasteiger partial charge >= 0.3 is 20.2 Å². The Balaban J connectivity index is 2.28. The van der Waals surface area contributed by atoms with E-state index in [1.165, 1.54) is 18.2 Å². The Labute approximate surface area is 159 Å². The van der Waals surface area contributed by atoms with Crippen molar-refractivity contribution in [3.05, 3.63) is 46.4 Å². The zero-order valence-electron chi connectivity index (χ0n) is 13.6. The van der Waals surface area contributed by atoms with Crippen molar-refractivity contribution in [3.63, 3.8) is 0 Å². The lowest BCUT2D eigenvalue weighted by Crippen LogP contribution is -2.33. The van der Waals surface area contributed by atoms with Crippen molar-refractivity contribution in [3.8, 4) is 0 Å². The summed E-state index contributed by atoms with van der Waals surface area (Å²) < 4.78 is 86.3. The molecule has 0 fully saturated rings. The van der Waals surface area contributed by atoms with Crippen molar-refractivity contribution < 1.29 is 49.0 Å². The second-order valence-electron chi connectivity index (χ2n) is 5.87. The lowest BCUT2D eigenvalue weighted by molar-refractivity contribution is -0.132. The number of benzene rings is 2. The lowest BCUT2D eigenvalue weighted by atomic mass is 9.93. The van der Waals surface area contributed by atoms with E-state index in [0.717, 1.165) is 18.2 Å². The van der Waals surface area contributed by atoms with E-state index >= 15 is 0 Å². The fourth-order valence-electron chi connectivity index (χ4n) is 2.93. The molecule has 1 atom stereocenters. The van der Waals surface area contributed by atoms with E-state index in [0.29, 0.717) is 16.3 Å². The van der Waals surface area contributed by atoms with E-state index in [4.69, 9.17) is 15.1 Å². The predicted molar refractivity (Wildman–Crippen MR) is 94.5 cm³/mol. The van der Waals surface area contributed by atoms with Crippen molar-refractivity contribution in [1.82, 2.24) is 0 Å². The molecule has 3 rings (SSSR count). The summed E-state index contributed by atoms with van der Waals surface area (Å²) in [5.41, 5.74) is 0.537. The lowest BCUT2D eigenvalue weighted by Gasteiger charge is -2.23. The monoisotopic (exact) mass is 452 g/mol. The van der Waals surface area contributed by atoms with Crippen LogP contribution in [-0.4, -0.2) is 45.6 Å². The SMILES string of the molecule is O=S(=O)(OO)C1=Cc2cc3cc(S(=O)(=O)O)ccc3cc2CC1S(=O)(=O)OO. The Bertz CT molecular complexity index is 1310. The molecule has 2 aromatic carbocycles. The molecule has 3 N–H and O–H groups in total. The fraction of sp³-hybridized carbons (Fsp3) is 0.143. The Morgan fingerprint density at radius 3 is 2.14 bits per heavy atom. The predicted octanol–water partition coefficient (Wildman–Crippen LogP) is 0.991. The molecule has 1 aliphatic rings. The fourth-order valence-corrected chi connectivity index (χ4v) is 5.76. The van der Waals surface area contributed by atoms with Gasteiger partial charge in [0.25, 0.3) is 10.1 Å². The topological polar surface area (TPSA) is 182 Å². The molecule has 1 unspecified atom stereocenters. The maximum Gasteiger partial charge on any atom is 0.320 e. The van der Waals surface area contributed by atoms with Gasteiger partial charge in [-0.3, -0.25) is 4.55 Å². The van der Waals surface area contributed by atoms with Crippen LogP contribution in [0.15, 0.2) is 40.1 Å². The molecule has 0 spiro atoms. The third-order valence-corrected chi connectivity index (χ3v) is 7.73. The van der Waals surface area contributed by atoms with Crippen LogP contribution in [0.25, 0.3) is 16.8 Å². The van der Waals surface area contributed by atoms with Crippen LogP contribution < -0.4 is 0 Å². The highest BCUT2D eigenvalue weighted by Crippen LogP contribution is 2.35. The van der Waals surface area contributed by atoms with E-state index in [-0.39, 0.29) is 10.5 Å². The molecular weight excluding hydrogens is 440 g/mol. The molecule has 28 heavy (non-hydrogen) atoms. The van der Waals surface area contributed by atoms with E-state index in [1.807, 2.05) is 0 Å². The van der Waals surface area contributed by atoms with E-state index in [1.54, 1.807) is 0 Å². The summed E-state index contributed by atoms with van der Waals surface area (Å²) >= 11 is 0. The van der Waals surface area contributed by atoms with Gasteiger partial charge in [-0.05, 0) is 52.6 Å². The van der Waals surface area contributed by atoms with Gasteiger partial charge in [0.05, 0.1) is 9.80 Å². The Morgan fingerprint density at radius 1 is 0.893 bits per heavy atom. The van der Waals surface area contributed by atoms with Gasteiger partial charge in [-0.25, -0.2) is 10.5 Å². The molecule has 0 saturated heterocycles. The Kier molecular flexibility index (Phi) is 5.10. The number of fused-ring (bicyclic) bond motifs is 2. The average molecular weight is 452 g/mol. The van der Waals surface area contributed by atoms with Gasteiger partial charge in [-0.1, -0.05) is 12.1 Å². The Hall–Kier alpha value is -1.91. The molecule has 0 aliphatic heterocycles. The maximum atomic E-state index is 11.9. The third-order valence-electron chi connectivity index (χ3n) is 4.23. The van der Waals surface area contributed by atoms with Crippen molar-refractivity contribution >= 4 is 47.2 Å². The van der Waals surface area contributed by atoms with Crippen LogP contribution in [0.5, 0.6) is 0 Å². The van der Waals surface area contributed by atoms with Crippen molar-refractivity contribution in [2.75, 3.05) is 0 Å². The summed E-state index contributed by atoms with van der Waals surface area (Å²) in [7, 11) is -14.1. The molecule has 2 aromatic rings. The summed E-state index contributed by atoms with van der Waals surface area (Å²) in [6.07, 6.45) is 0.452. The van der Waals surface area contributed by atoms with Crippen LogP contribution in [0.4, 0.5) is 0 Å². The van der Waals surface area contributed by atoms with Crippen LogP contribution >= 0.6 is 0 Å². The summed E-state index contributed by atoms with van der Waals surface area (Å²) in [4.78, 5) is -1.28. The quantitative estimate of drug-likeness (QED) is 0.334. The van der Waals surface area contributed by atoms with Gasteiger partial charge in [0, 0.05) is 0 Å². The largest absolute Gasteiger partial charge is 0.320 e. The van der Waals surface area contributed by atoms with Crippen molar-refractivity contribution in [2.24, 2.45) is 0 Å². The minimum Gasteiger partial charge on any atom is -0.282 e. The molecule has 0 saturated carbocycles. The summed E-state index contributed by atoms with van der Waals surface area (Å²) in [6, 6.07) is 6.52. The first-order valence-corrected chi connectivity index (χ1v) is 11.6. The van der Waals surface area contributed by atoms with Gasteiger partial charge in [-0.2, -0.15) is 25.3 Å². The van der Waals surface area contributed by atoms with E-state index in [2.05, 4.69) is 8.67 Å². The second kappa shape index (κ2) is 6.85. The molecular formula is C14H12O11S3. The Morgan fingerprint density at radius 2 is 1.57 bits per heavy atom. The van der Waals surface area contributed by atoms with E-state index < -0.39 is 46.9 Å². The molecule has 11 nitrogen and oxygen atoms in total. The average Bonchev–Trinajstić information content (AvgIpc) is 2.64. The molecule has 152 valence electrons. The first-order valence-electron chi connectivity index (χ1n) is 7.30. The van der Waals surface area contributed by atoms with Crippen LogP contribution in [-0.2, 0) is 45.4 Å². The molecule has 0 aromatic heterocycles. The van der Waals surface area contributed by atoms with Gasteiger partial charge in [-0.15, -0.1) is 8.67 Å². The van der Waals surface area contributed by atoms with Crippen molar-refractivity contribution in [2.45, 2.75) is 16.6 Å². The maximum absolute atomic E-state index is 11.9. The van der Waals surface area contributed by atoms with Gasteiger partial charge < -0.3 is 0 Å². The minimum atomic E-state index is -4.88. The molecule has 0 bridgehead atoms. The van der Waals surface area contributed by atoms with Gasteiger partial charge in [0.2, 0.25) is 0 Å². The molecule has 0 amide bonds. The number of rotatable bonds is 5. The third kappa shape index (κ3) is 3.68. The number of hydrogen-bond acceptors (Lipinski definition) is 10.